The average molecular weight is 299 g/mol. The first-order valence-electron chi connectivity index (χ1n) is 8.78. The highest BCUT2D eigenvalue weighted by molar-refractivity contribution is 5.98. The van der Waals surface area contributed by atoms with Gasteiger partial charge in [0.2, 0.25) is 0 Å². The summed E-state index contributed by atoms with van der Waals surface area (Å²) in [6, 6.07) is 4.11. The minimum absolute atomic E-state index is 0.314. The second-order valence-corrected chi connectivity index (χ2v) is 6.69. The Labute approximate surface area is 135 Å². The molecule has 0 bridgehead atoms. The summed E-state index contributed by atoms with van der Waals surface area (Å²) in [5.41, 5.74) is 4.08. The Morgan fingerprint density at radius 1 is 1.23 bits per heavy atom. The number of hydrogen-bond donors (Lipinski definition) is 0. The highest BCUT2D eigenvalue weighted by atomic mass is 16.1. The van der Waals surface area contributed by atoms with Crippen molar-refractivity contribution in [2.24, 2.45) is 10.9 Å². The van der Waals surface area contributed by atoms with Gasteiger partial charge in [0, 0.05) is 18.2 Å². The molecule has 1 aromatic carbocycles. The molecule has 2 rings (SSSR count). The minimum Gasteiger partial charge on any atom is -0.294 e. The van der Waals surface area contributed by atoms with E-state index in [1.807, 2.05) is 19.2 Å². The topological polar surface area (TPSA) is 29.4 Å². The minimum atomic E-state index is 0.314. The molecule has 1 fully saturated rings. The average Bonchev–Trinajstić information content (AvgIpc) is 2.99. The standard InChI is InChI=1S/C20H29NO/c1-4-5-8-11-21-19-13-15(2)18(12-16(19)3)20(22)14-17-9-6-7-10-17/h11-13,17H,4-10,14H2,1-3H3. The fourth-order valence-corrected chi connectivity index (χ4v) is 3.29. The molecule has 0 spiro atoms. The lowest BCUT2D eigenvalue weighted by Gasteiger charge is -2.12. The number of Topliss-reactive ketones (excluding diaryl/α,β-unsaturated/α-hetero) is 1. The van der Waals surface area contributed by atoms with E-state index in [4.69, 9.17) is 0 Å². The van der Waals surface area contributed by atoms with Crippen molar-refractivity contribution >= 4 is 17.7 Å². The zero-order valence-corrected chi connectivity index (χ0v) is 14.3. The number of carbonyl (C=O) groups excluding carboxylic acids is 1. The smallest absolute Gasteiger partial charge is 0.163 e. The highest BCUT2D eigenvalue weighted by Crippen LogP contribution is 2.30. The van der Waals surface area contributed by atoms with E-state index in [1.165, 1.54) is 38.5 Å². The second kappa shape index (κ2) is 8.26. The van der Waals surface area contributed by atoms with Gasteiger partial charge in [-0.15, -0.1) is 0 Å². The summed E-state index contributed by atoms with van der Waals surface area (Å²) in [6.07, 6.45) is 11.2. The van der Waals surface area contributed by atoms with Crippen LogP contribution in [0.15, 0.2) is 17.1 Å². The molecule has 0 N–H and O–H groups in total. The lowest BCUT2D eigenvalue weighted by Crippen LogP contribution is -2.08. The van der Waals surface area contributed by atoms with Crippen molar-refractivity contribution in [1.82, 2.24) is 0 Å². The van der Waals surface area contributed by atoms with Gasteiger partial charge in [-0.2, -0.15) is 0 Å². The third-order valence-corrected chi connectivity index (χ3v) is 4.71. The van der Waals surface area contributed by atoms with Crippen LogP contribution in [0.25, 0.3) is 0 Å². The number of aryl methyl sites for hydroxylation is 2. The zero-order chi connectivity index (χ0) is 15.9. The summed E-state index contributed by atoms with van der Waals surface area (Å²) in [4.78, 5) is 17.1. The van der Waals surface area contributed by atoms with Crippen molar-refractivity contribution in [1.29, 1.82) is 0 Å². The third kappa shape index (κ3) is 4.53. The maximum atomic E-state index is 12.5. The molecule has 1 aliphatic rings. The Balaban J connectivity index is 2.08. The molecule has 0 aromatic heterocycles. The normalized spacial score (nSPS) is 15.8. The van der Waals surface area contributed by atoms with Gasteiger partial charge in [0.25, 0.3) is 0 Å². The van der Waals surface area contributed by atoms with Crippen molar-refractivity contribution < 1.29 is 4.79 Å². The Morgan fingerprint density at radius 3 is 2.64 bits per heavy atom. The van der Waals surface area contributed by atoms with Crippen LogP contribution in [0.3, 0.4) is 0 Å². The van der Waals surface area contributed by atoms with E-state index in [2.05, 4.69) is 24.9 Å². The number of rotatable bonds is 7. The molecule has 2 nitrogen and oxygen atoms in total. The second-order valence-electron chi connectivity index (χ2n) is 6.69. The zero-order valence-electron chi connectivity index (χ0n) is 14.3. The molecule has 1 aromatic rings. The van der Waals surface area contributed by atoms with Crippen LogP contribution in [-0.2, 0) is 0 Å². The molecule has 0 aliphatic heterocycles. The van der Waals surface area contributed by atoms with E-state index in [1.54, 1.807) is 0 Å². The number of hydrogen-bond acceptors (Lipinski definition) is 2. The van der Waals surface area contributed by atoms with Gasteiger partial charge in [0.1, 0.15) is 0 Å². The van der Waals surface area contributed by atoms with E-state index in [0.717, 1.165) is 35.2 Å². The number of aliphatic imine (C=N–C) groups is 1. The van der Waals surface area contributed by atoms with E-state index < -0.39 is 0 Å². The van der Waals surface area contributed by atoms with Gasteiger partial charge in [-0.25, -0.2) is 0 Å². The number of benzene rings is 1. The third-order valence-electron chi connectivity index (χ3n) is 4.71. The van der Waals surface area contributed by atoms with Crippen molar-refractivity contribution in [3.8, 4) is 0 Å². The molecule has 1 saturated carbocycles. The molecule has 0 amide bonds. The fraction of sp³-hybridized carbons (Fsp3) is 0.600. The Kier molecular flexibility index (Phi) is 6.35. The van der Waals surface area contributed by atoms with Gasteiger partial charge < -0.3 is 0 Å². The van der Waals surface area contributed by atoms with Crippen molar-refractivity contribution in [3.63, 3.8) is 0 Å². The molecular weight excluding hydrogens is 270 g/mol. The first-order valence-corrected chi connectivity index (χ1v) is 8.78. The molecule has 0 heterocycles. The molecular formula is C20H29NO. The summed E-state index contributed by atoms with van der Waals surface area (Å²) in [7, 11) is 0. The lowest BCUT2D eigenvalue weighted by molar-refractivity contribution is 0.0961. The van der Waals surface area contributed by atoms with Crippen LogP contribution in [0, 0.1) is 19.8 Å². The fourth-order valence-electron chi connectivity index (χ4n) is 3.29. The number of carbonyl (C=O) groups is 1. The predicted octanol–water partition coefficient (Wildman–Crippen LogP) is 5.96. The van der Waals surface area contributed by atoms with Crippen molar-refractivity contribution in [3.05, 3.63) is 28.8 Å². The molecule has 22 heavy (non-hydrogen) atoms. The van der Waals surface area contributed by atoms with Gasteiger partial charge in [-0.05, 0) is 55.9 Å². The van der Waals surface area contributed by atoms with Gasteiger partial charge in [-0.1, -0.05) is 39.0 Å². The molecule has 0 unspecified atom stereocenters. The number of nitrogens with zero attached hydrogens (tertiary/aromatic N) is 1. The summed E-state index contributed by atoms with van der Waals surface area (Å²) in [6.45, 7) is 6.28. The first-order chi connectivity index (χ1) is 10.6. The van der Waals surface area contributed by atoms with E-state index >= 15 is 0 Å². The maximum absolute atomic E-state index is 12.5. The summed E-state index contributed by atoms with van der Waals surface area (Å²) in [5, 5.41) is 0. The van der Waals surface area contributed by atoms with E-state index in [9.17, 15) is 4.79 Å². The molecule has 0 radical (unpaired) electrons. The molecule has 0 saturated heterocycles. The van der Waals surface area contributed by atoms with Crippen LogP contribution in [0.5, 0.6) is 0 Å². The molecule has 0 atom stereocenters. The number of ketones is 1. The van der Waals surface area contributed by atoms with Crippen LogP contribution in [0.1, 0.15) is 79.8 Å². The molecule has 1 aliphatic carbocycles. The van der Waals surface area contributed by atoms with Gasteiger partial charge >= 0.3 is 0 Å². The first kappa shape index (κ1) is 16.9. The number of unbranched alkanes of at least 4 members (excludes halogenated alkanes) is 2. The Hall–Kier alpha value is -1.44. The van der Waals surface area contributed by atoms with Gasteiger partial charge in [0.15, 0.2) is 5.78 Å². The van der Waals surface area contributed by atoms with Crippen molar-refractivity contribution in [2.45, 2.75) is 72.1 Å². The van der Waals surface area contributed by atoms with Crippen molar-refractivity contribution in [2.75, 3.05) is 0 Å². The van der Waals surface area contributed by atoms with Crippen LogP contribution in [0.2, 0.25) is 0 Å². The maximum Gasteiger partial charge on any atom is 0.163 e. The van der Waals surface area contributed by atoms with Crippen LogP contribution in [-0.4, -0.2) is 12.0 Å². The van der Waals surface area contributed by atoms with Crippen LogP contribution in [0.4, 0.5) is 5.69 Å². The predicted molar refractivity (Wildman–Crippen MR) is 94.5 cm³/mol. The summed E-state index contributed by atoms with van der Waals surface area (Å²) < 4.78 is 0. The van der Waals surface area contributed by atoms with E-state index in [0.29, 0.717) is 11.7 Å². The van der Waals surface area contributed by atoms with E-state index in [-0.39, 0.29) is 0 Å². The monoisotopic (exact) mass is 299 g/mol. The SMILES string of the molecule is CCCCC=Nc1cc(C)c(C(=O)CC2CCCC2)cc1C. The van der Waals surface area contributed by atoms with Crippen LogP contribution < -0.4 is 0 Å². The summed E-state index contributed by atoms with van der Waals surface area (Å²) >= 11 is 0. The van der Waals surface area contributed by atoms with Gasteiger partial charge in [0.05, 0.1) is 5.69 Å². The molecule has 2 heteroatoms. The highest BCUT2D eigenvalue weighted by Gasteiger charge is 2.20. The Bertz CT molecular complexity index is 539. The largest absolute Gasteiger partial charge is 0.294 e. The van der Waals surface area contributed by atoms with Gasteiger partial charge in [-0.3, -0.25) is 9.79 Å². The quantitative estimate of drug-likeness (QED) is 0.347. The molecule has 120 valence electrons. The summed E-state index contributed by atoms with van der Waals surface area (Å²) in [5.74, 6) is 0.924. The lowest BCUT2D eigenvalue weighted by atomic mass is 9.93. The van der Waals surface area contributed by atoms with Crippen LogP contribution >= 0.6 is 0 Å². The Morgan fingerprint density at radius 2 is 1.95 bits per heavy atom.